The molecule has 2 saturated heterocycles. The summed E-state index contributed by atoms with van der Waals surface area (Å²) in [7, 11) is 3.96. The SMILES string of the molecule is CC1N(C)C(=O)OC12CCN(CCc1cn(C)c3ccccc13)CC2. The van der Waals surface area contributed by atoms with Crippen molar-refractivity contribution in [3.63, 3.8) is 0 Å². The molecule has 25 heavy (non-hydrogen) atoms. The van der Waals surface area contributed by atoms with E-state index in [1.54, 1.807) is 4.90 Å². The monoisotopic (exact) mass is 341 g/mol. The van der Waals surface area contributed by atoms with Gasteiger partial charge in [0.25, 0.3) is 0 Å². The van der Waals surface area contributed by atoms with E-state index >= 15 is 0 Å². The molecule has 5 nitrogen and oxygen atoms in total. The van der Waals surface area contributed by atoms with Crippen LogP contribution >= 0.6 is 0 Å². The van der Waals surface area contributed by atoms with Crippen LogP contribution in [-0.4, -0.2) is 58.8 Å². The lowest BCUT2D eigenvalue weighted by Gasteiger charge is -2.40. The molecule has 4 rings (SSSR count). The normalized spacial score (nSPS) is 23.6. The van der Waals surface area contributed by atoms with Gasteiger partial charge >= 0.3 is 6.09 Å². The number of piperidine rings is 1. The van der Waals surface area contributed by atoms with Gasteiger partial charge in [-0.3, -0.25) is 0 Å². The Morgan fingerprint density at radius 2 is 1.92 bits per heavy atom. The average Bonchev–Trinajstić information content (AvgIpc) is 3.05. The van der Waals surface area contributed by atoms with E-state index in [-0.39, 0.29) is 17.7 Å². The number of likely N-dealkylation sites (tertiary alicyclic amines) is 1. The summed E-state index contributed by atoms with van der Waals surface area (Å²) in [6.45, 7) is 5.16. The summed E-state index contributed by atoms with van der Waals surface area (Å²) in [5.41, 5.74) is 2.44. The zero-order valence-corrected chi connectivity index (χ0v) is 15.4. The first kappa shape index (κ1) is 16.5. The second-order valence-electron chi connectivity index (χ2n) is 7.59. The van der Waals surface area contributed by atoms with Crippen LogP contribution in [0.5, 0.6) is 0 Å². The number of rotatable bonds is 3. The third-order valence-electron chi connectivity index (χ3n) is 6.30. The van der Waals surface area contributed by atoms with Crippen LogP contribution in [-0.2, 0) is 18.2 Å². The van der Waals surface area contributed by atoms with E-state index < -0.39 is 0 Å². The van der Waals surface area contributed by atoms with Crippen molar-refractivity contribution >= 4 is 17.0 Å². The highest BCUT2D eigenvalue weighted by Crippen LogP contribution is 2.37. The molecule has 0 bridgehead atoms. The first-order valence-corrected chi connectivity index (χ1v) is 9.21. The first-order valence-electron chi connectivity index (χ1n) is 9.21. The number of carbonyl (C=O) groups is 1. The lowest BCUT2D eigenvalue weighted by molar-refractivity contribution is -0.0170. The van der Waals surface area contributed by atoms with Crippen LogP contribution in [0.2, 0.25) is 0 Å². The smallest absolute Gasteiger partial charge is 0.410 e. The van der Waals surface area contributed by atoms with Crippen molar-refractivity contribution in [2.24, 2.45) is 7.05 Å². The minimum atomic E-state index is -0.276. The summed E-state index contributed by atoms with van der Waals surface area (Å²) in [5.74, 6) is 0. The summed E-state index contributed by atoms with van der Waals surface area (Å²) < 4.78 is 7.96. The Bertz CT molecular complexity index is 789. The van der Waals surface area contributed by atoms with Crippen molar-refractivity contribution < 1.29 is 9.53 Å². The van der Waals surface area contributed by atoms with E-state index in [9.17, 15) is 4.79 Å². The summed E-state index contributed by atoms with van der Waals surface area (Å²) >= 11 is 0. The van der Waals surface area contributed by atoms with E-state index in [1.165, 1.54) is 16.5 Å². The van der Waals surface area contributed by atoms with Gasteiger partial charge in [0.2, 0.25) is 0 Å². The van der Waals surface area contributed by atoms with Crippen molar-refractivity contribution in [3.8, 4) is 0 Å². The molecule has 2 aliphatic rings. The topological polar surface area (TPSA) is 37.7 Å². The number of carbonyl (C=O) groups excluding carboxylic acids is 1. The molecule has 2 aliphatic heterocycles. The standard InChI is InChI=1S/C20H27N3O2/c1-15-20(25-19(24)22(15)3)9-12-23(13-10-20)11-8-16-14-21(2)18-7-5-4-6-17(16)18/h4-7,14-15H,8-13H2,1-3H3. The molecule has 0 aliphatic carbocycles. The number of hydrogen-bond donors (Lipinski definition) is 0. The van der Waals surface area contributed by atoms with Crippen LogP contribution in [0.1, 0.15) is 25.3 Å². The lowest BCUT2D eigenvalue weighted by Crippen LogP contribution is -2.51. The summed E-state index contributed by atoms with van der Waals surface area (Å²) in [4.78, 5) is 16.1. The summed E-state index contributed by atoms with van der Waals surface area (Å²) in [6, 6.07) is 8.77. The number of aromatic nitrogens is 1. The Morgan fingerprint density at radius 1 is 1.20 bits per heavy atom. The highest BCUT2D eigenvalue weighted by molar-refractivity contribution is 5.83. The van der Waals surface area contributed by atoms with Crippen LogP contribution < -0.4 is 0 Å². The number of para-hydroxylation sites is 1. The zero-order valence-electron chi connectivity index (χ0n) is 15.4. The molecule has 0 saturated carbocycles. The number of nitrogens with zero attached hydrogens (tertiary/aromatic N) is 3. The molecule has 2 aromatic rings. The van der Waals surface area contributed by atoms with Gasteiger partial charge in [-0.05, 0) is 25.0 Å². The van der Waals surface area contributed by atoms with Crippen LogP contribution in [0.15, 0.2) is 30.5 Å². The number of likely N-dealkylation sites (N-methyl/N-ethyl adjacent to an activating group) is 1. The van der Waals surface area contributed by atoms with Crippen molar-refractivity contribution in [1.29, 1.82) is 0 Å². The van der Waals surface area contributed by atoms with Crippen LogP contribution in [0.3, 0.4) is 0 Å². The molecule has 3 heterocycles. The fourth-order valence-electron chi connectivity index (χ4n) is 4.42. The minimum Gasteiger partial charge on any atom is -0.441 e. The predicted molar refractivity (Wildman–Crippen MR) is 98.7 cm³/mol. The van der Waals surface area contributed by atoms with Gasteiger partial charge in [-0.15, -0.1) is 0 Å². The maximum Gasteiger partial charge on any atom is 0.410 e. The molecule has 2 fully saturated rings. The highest BCUT2D eigenvalue weighted by atomic mass is 16.6. The highest BCUT2D eigenvalue weighted by Gasteiger charge is 2.51. The minimum absolute atomic E-state index is 0.167. The third-order valence-corrected chi connectivity index (χ3v) is 6.30. The molecule has 0 radical (unpaired) electrons. The van der Waals surface area contributed by atoms with E-state index in [4.69, 9.17) is 4.74 Å². The fourth-order valence-corrected chi connectivity index (χ4v) is 4.42. The van der Waals surface area contributed by atoms with Gasteiger partial charge in [0.15, 0.2) is 0 Å². The Labute approximate surface area is 149 Å². The maximum atomic E-state index is 11.9. The Morgan fingerprint density at radius 3 is 2.60 bits per heavy atom. The predicted octanol–water partition coefficient (Wildman–Crippen LogP) is 3.03. The number of ether oxygens (including phenoxy) is 1. The van der Waals surface area contributed by atoms with Crippen molar-refractivity contribution in [1.82, 2.24) is 14.4 Å². The average molecular weight is 341 g/mol. The number of benzene rings is 1. The fraction of sp³-hybridized carbons (Fsp3) is 0.550. The van der Waals surface area contributed by atoms with Gasteiger partial charge in [-0.1, -0.05) is 18.2 Å². The van der Waals surface area contributed by atoms with Gasteiger partial charge in [-0.2, -0.15) is 0 Å². The molecule has 1 aromatic carbocycles. The number of aryl methyl sites for hydroxylation is 1. The molecule has 0 N–H and O–H groups in total. The molecule has 1 amide bonds. The van der Waals surface area contributed by atoms with Crippen LogP contribution in [0.25, 0.3) is 10.9 Å². The number of hydrogen-bond acceptors (Lipinski definition) is 3. The van der Waals surface area contributed by atoms with Gasteiger partial charge in [0.05, 0.1) is 6.04 Å². The van der Waals surface area contributed by atoms with Gasteiger partial charge in [-0.25, -0.2) is 4.79 Å². The lowest BCUT2D eigenvalue weighted by atomic mass is 9.85. The van der Waals surface area contributed by atoms with Gasteiger partial charge in [0, 0.05) is 63.7 Å². The van der Waals surface area contributed by atoms with Crippen molar-refractivity contribution in [2.45, 2.75) is 37.8 Å². The molecule has 134 valence electrons. The van der Waals surface area contributed by atoms with Crippen LogP contribution in [0, 0.1) is 0 Å². The second-order valence-corrected chi connectivity index (χ2v) is 7.59. The maximum absolute atomic E-state index is 11.9. The van der Waals surface area contributed by atoms with E-state index in [1.807, 2.05) is 7.05 Å². The molecule has 1 aromatic heterocycles. The number of amides is 1. The molecule has 1 unspecified atom stereocenters. The van der Waals surface area contributed by atoms with Crippen LogP contribution in [0.4, 0.5) is 4.79 Å². The van der Waals surface area contributed by atoms with Gasteiger partial charge in [0.1, 0.15) is 5.60 Å². The van der Waals surface area contributed by atoms with Crippen molar-refractivity contribution in [3.05, 3.63) is 36.0 Å². The molecular weight excluding hydrogens is 314 g/mol. The second kappa shape index (κ2) is 6.06. The van der Waals surface area contributed by atoms with Gasteiger partial charge < -0.3 is 19.1 Å². The number of fused-ring (bicyclic) bond motifs is 1. The summed E-state index contributed by atoms with van der Waals surface area (Å²) in [6.07, 6.45) is 5.01. The zero-order chi connectivity index (χ0) is 17.6. The van der Waals surface area contributed by atoms with E-state index in [0.717, 1.165) is 38.9 Å². The summed E-state index contributed by atoms with van der Waals surface area (Å²) in [5, 5.41) is 1.36. The van der Waals surface area contributed by atoms with E-state index in [0.29, 0.717) is 0 Å². The van der Waals surface area contributed by atoms with Crippen molar-refractivity contribution in [2.75, 3.05) is 26.7 Å². The molecule has 1 spiro atoms. The molecule has 1 atom stereocenters. The quantitative estimate of drug-likeness (QED) is 0.861. The Balaban J connectivity index is 1.39. The first-order chi connectivity index (χ1) is 12.0. The molecule has 5 heteroatoms. The largest absolute Gasteiger partial charge is 0.441 e. The molecular formula is C20H27N3O2. The Kier molecular flexibility index (Phi) is 3.99. The Hall–Kier alpha value is -2.01. The van der Waals surface area contributed by atoms with E-state index in [2.05, 4.69) is 53.9 Å². The third kappa shape index (κ3) is 2.71.